The van der Waals surface area contributed by atoms with Crippen LogP contribution in [0.25, 0.3) is 22.1 Å². The third-order valence-electron chi connectivity index (χ3n) is 4.88. The summed E-state index contributed by atoms with van der Waals surface area (Å²) in [6, 6.07) is 2.46. The van der Waals surface area contributed by atoms with Gasteiger partial charge in [-0.25, -0.2) is 14.8 Å². The number of rotatable bonds is 2. The van der Waals surface area contributed by atoms with Crippen LogP contribution in [-0.4, -0.2) is 37.3 Å². The highest BCUT2D eigenvalue weighted by atomic mass is 16.6. The summed E-state index contributed by atoms with van der Waals surface area (Å²) < 4.78 is 7.65. The van der Waals surface area contributed by atoms with E-state index in [0.29, 0.717) is 6.04 Å². The number of nitrogens with zero attached hydrogens (tertiary/aromatic N) is 3. The topological polar surface area (TPSA) is 84.8 Å². The molecule has 0 aliphatic heterocycles. The van der Waals surface area contributed by atoms with Crippen molar-refractivity contribution < 1.29 is 9.53 Å². The Morgan fingerprint density at radius 2 is 2.19 bits per heavy atom. The van der Waals surface area contributed by atoms with Crippen molar-refractivity contribution in [3.8, 4) is 0 Å². The lowest BCUT2D eigenvalue weighted by Gasteiger charge is -2.31. The average Bonchev–Trinajstić information content (AvgIpc) is 3.19. The molecule has 1 fully saturated rings. The standard InChI is InChI=1S/C19H25N5O2/c1-19(2,3)26-18(25)23-12-5-4-6-13(9-12)24-11-22-15-10-21-17-14(16(15)24)7-8-20-17/h7-8,10-13H,4-6,9H2,1-3H3,(H,20,21)(H,23,25). The molecule has 0 spiro atoms. The first-order valence-electron chi connectivity index (χ1n) is 9.19. The molecule has 7 nitrogen and oxygen atoms in total. The minimum Gasteiger partial charge on any atom is -0.444 e. The maximum absolute atomic E-state index is 12.1. The van der Waals surface area contributed by atoms with Gasteiger partial charge >= 0.3 is 6.09 Å². The number of carbonyl (C=O) groups is 1. The van der Waals surface area contributed by atoms with E-state index in [2.05, 4.69) is 24.8 Å². The van der Waals surface area contributed by atoms with Crippen molar-refractivity contribution in [2.45, 2.75) is 64.1 Å². The van der Waals surface area contributed by atoms with Gasteiger partial charge in [-0.1, -0.05) is 0 Å². The van der Waals surface area contributed by atoms with Crippen LogP contribution < -0.4 is 5.32 Å². The lowest BCUT2D eigenvalue weighted by Crippen LogP contribution is -2.41. The Hall–Kier alpha value is -2.57. The van der Waals surface area contributed by atoms with Gasteiger partial charge in [-0.05, 0) is 52.5 Å². The molecule has 7 heteroatoms. The molecule has 1 saturated carbocycles. The number of nitrogens with one attached hydrogen (secondary N) is 2. The molecule has 138 valence electrons. The molecule has 3 aromatic heterocycles. The van der Waals surface area contributed by atoms with Gasteiger partial charge < -0.3 is 19.6 Å². The highest BCUT2D eigenvalue weighted by Crippen LogP contribution is 2.33. The quantitative estimate of drug-likeness (QED) is 0.729. The first kappa shape index (κ1) is 16.9. The molecule has 4 rings (SSSR count). The number of hydrogen-bond donors (Lipinski definition) is 2. The number of aromatic nitrogens is 4. The average molecular weight is 355 g/mol. The summed E-state index contributed by atoms with van der Waals surface area (Å²) >= 11 is 0. The van der Waals surface area contributed by atoms with Crippen LogP contribution >= 0.6 is 0 Å². The fraction of sp³-hybridized carbons (Fsp3) is 0.526. The van der Waals surface area contributed by atoms with Crippen molar-refractivity contribution in [1.29, 1.82) is 0 Å². The van der Waals surface area contributed by atoms with Crippen LogP contribution in [0.4, 0.5) is 4.79 Å². The van der Waals surface area contributed by atoms with Gasteiger partial charge in [0.1, 0.15) is 16.8 Å². The Morgan fingerprint density at radius 3 is 3.00 bits per heavy atom. The van der Waals surface area contributed by atoms with Crippen LogP contribution in [-0.2, 0) is 4.74 Å². The van der Waals surface area contributed by atoms with E-state index in [-0.39, 0.29) is 12.1 Å². The van der Waals surface area contributed by atoms with Gasteiger partial charge in [-0.2, -0.15) is 0 Å². The molecule has 3 heterocycles. The summed E-state index contributed by atoms with van der Waals surface area (Å²) in [4.78, 5) is 24.2. The van der Waals surface area contributed by atoms with Gasteiger partial charge in [-0.3, -0.25) is 0 Å². The van der Waals surface area contributed by atoms with Crippen molar-refractivity contribution in [2.75, 3.05) is 0 Å². The lowest BCUT2D eigenvalue weighted by atomic mass is 9.90. The highest BCUT2D eigenvalue weighted by molar-refractivity contribution is 6.00. The first-order chi connectivity index (χ1) is 12.4. The van der Waals surface area contributed by atoms with Crippen molar-refractivity contribution in [1.82, 2.24) is 24.8 Å². The number of H-pyrrole nitrogens is 1. The molecular formula is C19H25N5O2. The Balaban J connectivity index is 1.56. The third-order valence-corrected chi connectivity index (χ3v) is 4.88. The zero-order valence-electron chi connectivity index (χ0n) is 15.5. The van der Waals surface area contributed by atoms with Crippen molar-refractivity contribution >= 4 is 28.2 Å². The van der Waals surface area contributed by atoms with E-state index in [0.717, 1.165) is 47.8 Å². The molecule has 1 aliphatic carbocycles. The fourth-order valence-electron chi connectivity index (χ4n) is 3.83. The summed E-state index contributed by atoms with van der Waals surface area (Å²) in [7, 11) is 0. The third kappa shape index (κ3) is 3.25. The molecule has 26 heavy (non-hydrogen) atoms. The number of ether oxygens (including phenoxy) is 1. The Labute approximate surface area is 152 Å². The van der Waals surface area contributed by atoms with Gasteiger partial charge in [-0.15, -0.1) is 0 Å². The van der Waals surface area contributed by atoms with Gasteiger partial charge in [0.2, 0.25) is 0 Å². The minimum atomic E-state index is -0.481. The summed E-state index contributed by atoms with van der Waals surface area (Å²) in [5, 5.41) is 4.12. The molecule has 1 amide bonds. The molecule has 2 unspecified atom stereocenters. The molecule has 0 radical (unpaired) electrons. The van der Waals surface area contributed by atoms with E-state index in [1.165, 1.54) is 0 Å². The SMILES string of the molecule is CC(C)(C)OC(=O)NC1CCCC(n2cnc3cnc4[nH]ccc4c32)C1. The number of amides is 1. The summed E-state index contributed by atoms with van der Waals surface area (Å²) in [5.41, 5.74) is 2.41. The van der Waals surface area contributed by atoms with Crippen molar-refractivity contribution in [3.63, 3.8) is 0 Å². The summed E-state index contributed by atoms with van der Waals surface area (Å²) in [5.74, 6) is 0. The number of imidazole rings is 1. The van der Waals surface area contributed by atoms with E-state index in [1.807, 2.05) is 45.6 Å². The number of fused-ring (bicyclic) bond motifs is 3. The zero-order valence-corrected chi connectivity index (χ0v) is 15.5. The Morgan fingerprint density at radius 1 is 1.35 bits per heavy atom. The number of hydrogen-bond acceptors (Lipinski definition) is 4. The smallest absolute Gasteiger partial charge is 0.407 e. The molecule has 0 saturated heterocycles. The second-order valence-corrected chi connectivity index (χ2v) is 8.05. The van der Waals surface area contributed by atoms with Crippen LogP contribution in [0.5, 0.6) is 0 Å². The number of pyridine rings is 1. The maximum Gasteiger partial charge on any atom is 0.407 e. The van der Waals surface area contributed by atoms with Crippen LogP contribution in [0.15, 0.2) is 24.8 Å². The monoisotopic (exact) mass is 355 g/mol. The Bertz CT molecular complexity index is 936. The molecule has 1 aliphatic rings. The largest absolute Gasteiger partial charge is 0.444 e. The minimum absolute atomic E-state index is 0.115. The van der Waals surface area contributed by atoms with Crippen LogP contribution in [0.1, 0.15) is 52.5 Å². The predicted octanol–water partition coefficient (Wildman–Crippen LogP) is 3.92. The zero-order chi connectivity index (χ0) is 18.3. The lowest BCUT2D eigenvalue weighted by molar-refractivity contribution is 0.0486. The number of aromatic amines is 1. The van der Waals surface area contributed by atoms with E-state index >= 15 is 0 Å². The molecular weight excluding hydrogens is 330 g/mol. The van der Waals surface area contributed by atoms with Crippen LogP contribution in [0.2, 0.25) is 0 Å². The van der Waals surface area contributed by atoms with Gasteiger partial charge in [0.25, 0.3) is 0 Å². The summed E-state index contributed by atoms with van der Waals surface area (Å²) in [6.45, 7) is 5.64. The predicted molar refractivity (Wildman–Crippen MR) is 100 cm³/mol. The van der Waals surface area contributed by atoms with E-state index in [4.69, 9.17) is 4.74 Å². The first-order valence-corrected chi connectivity index (χ1v) is 9.19. The van der Waals surface area contributed by atoms with Crippen LogP contribution in [0.3, 0.4) is 0 Å². The highest BCUT2D eigenvalue weighted by Gasteiger charge is 2.27. The second-order valence-electron chi connectivity index (χ2n) is 8.05. The van der Waals surface area contributed by atoms with Crippen LogP contribution in [0, 0.1) is 0 Å². The summed E-state index contributed by atoms with van der Waals surface area (Å²) in [6.07, 6.45) is 9.27. The fourth-order valence-corrected chi connectivity index (χ4v) is 3.83. The van der Waals surface area contributed by atoms with E-state index in [1.54, 1.807) is 0 Å². The molecule has 2 atom stereocenters. The van der Waals surface area contributed by atoms with Gasteiger partial charge in [0.05, 0.1) is 18.0 Å². The van der Waals surface area contributed by atoms with Gasteiger partial charge in [0, 0.05) is 23.7 Å². The normalized spacial score (nSPS) is 21.2. The van der Waals surface area contributed by atoms with Gasteiger partial charge in [0.15, 0.2) is 0 Å². The number of carbonyl (C=O) groups excluding carboxylic acids is 1. The van der Waals surface area contributed by atoms with E-state index < -0.39 is 5.60 Å². The molecule has 0 aromatic carbocycles. The number of alkyl carbamates (subject to hydrolysis) is 1. The molecule has 3 aromatic rings. The van der Waals surface area contributed by atoms with Crippen molar-refractivity contribution in [2.24, 2.45) is 0 Å². The molecule has 2 N–H and O–H groups in total. The molecule has 0 bridgehead atoms. The van der Waals surface area contributed by atoms with Crippen molar-refractivity contribution in [3.05, 3.63) is 24.8 Å². The maximum atomic E-state index is 12.1. The second kappa shape index (κ2) is 6.30. The van der Waals surface area contributed by atoms with E-state index in [9.17, 15) is 4.79 Å². The Kier molecular flexibility index (Phi) is 4.09.